The van der Waals surface area contributed by atoms with Crippen LogP contribution in [-0.4, -0.2) is 29.2 Å². The molecular formula is C24H17Cl2N3O4S. The van der Waals surface area contributed by atoms with Gasteiger partial charge in [-0.3, -0.25) is 10.1 Å². The van der Waals surface area contributed by atoms with Gasteiger partial charge in [0.2, 0.25) is 5.89 Å². The highest BCUT2D eigenvalue weighted by atomic mass is 35.5. The third kappa shape index (κ3) is 4.52. The maximum atomic E-state index is 12.7. The van der Waals surface area contributed by atoms with Crippen LogP contribution < -0.4 is 20.1 Å². The zero-order chi connectivity index (χ0) is 23.8. The van der Waals surface area contributed by atoms with Gasteiger partial charge in [-0.05, 0) is 67.2 Å². The number of carbonyl (C=O) groups excluding carboxylic acids is 1. The van der Waals surface area contributed by atoms with Crippen molar-refractivity contribution in [1.82, 2.24) is 10.3 Å². The summed E-state index contributed by atoms with van der Waals surface area (Å²) in [4.78, 5) is 17.2. The van der Waals surface area contributed by atoms with Gasteiger partial charge >= 0.3 is 0 Å². The van der Waals surface area contributed by atoms with Crippen molar-refractivity contribution in [3.63, 3.8) is 0 Å². The third-order valence-electron chi connectivity index (χ3n) is 5.17. The Morgan fingerprint density at radius 2 is 1.82 bits per heavy atom. The highest BCUT2D eigenvalue weighted by Crippen LogP contribution is 2.33. The summed E-state index contributed by atoms with van der Waals surface area (Å²) in [5.41, 5.74) is 3.73. The fourth-order valence-corrected chi connectivity index (χ4v) is 4.21. The van der Waals surface area contributed by atoms with E-state index in [0.717, 1.165) is 5.56 Å². The van der Waals surface area contributed by atoms with Crippen LogP contribution in [0.3, 0.4) is 0 Å². The number of oxazole rings is 1. The monoisotopic (exact) mass is 513 g/mol. The first-order chi connectivity index (χ1) is 16.4. The lowest BCUT2D eigenvalue weighted by atomic mass is 10.1. The molecule has 2 N–H and O–H groups in total. The van der Waals surface area contributed by atoms with E-state index in [0.29, 0.717) is 68.6 Å². The molecule has 1 aliphatic heterocycles. The van der Waals surface area contributed by atoms with Gasteiger partial charge < -0.3 is 19.2 Å². The van der Waals surface area contributed by atoms with E-state index in [4.69, 9.17) is 49.3 Å². The number of hydrogen-bond donors (Lipinski definition) is 2. The van der Waals surface area contributed by atoms with Gasteiger partial charge in [-0.1, -0.05) is 29.3 Å². The van der Waals surface area contributed by atoms with Crippen LogP contribution in [-0.2, 0) is 0 Å². The number of carbonyl (C=O) groups is 1. The van der Waals surface area contributed by atoms with E-state index in [1.165, 1.54) is 0 Å². The molecule has 0 aliphatic carbocycles. The van der Waals surface area contributed by atoms with Crippen molar-refractivity contribution in [3.05, 3.63) is 69.7 Å². The minimum Gasteiger partial charge on any atom is -0.486 e. The second-order valence-electron chi connectivity index (χ2n) is 7.55. The van der Waals surface area contributed by atoms with Crippen molar-refractivity contribution < 1.29 is 18.7 Å². The molecule has 10 heteroatoms. The van der Waals surface area contributed by atoms with E-state index in [1.54, 1.807) is 30.3 Å². The number of nitrogens with one attached hydrogen (secondary N) is 2. The summed E-state index contributed by atoms with van der Waals surface area (Å²) < 4.78 is 16.9. The highest BCUT2D eigenvalue weighted by molar-refractivity contribution is 7.80. The van der Waals surface area contributed by atoms with Crippen LogP contribution in [0.2, 0.25) is 10.0 Å². The number of halogens is 2. The van der Waals surface area contributed by atoms with E-state index in [1.807, 2.05) is 25.1 Å². The minimum atomic E-state index is -0.367. The third-order valence-corrected chi connectivity index (χ3v) is 5.88. The van der Waals surface area contributed by atoms with E-state index < -0.39 is 0 Å². The van der Waals surface area contributed by atoms with Crippen molar-refractivity contribution in [2.75, 3.05) is 18.5 Å². The average molecular weight is 514 g/mol. The van der Waals surface area contributed by atoms with Gasteiger partial charge in [-0.15, -0.1) is 0 Å². The van der Waals surface area contributed by atoms with Gasteiger partial charge in [0.25, 0.3) is 5.91 Å². The number of anilines is 1. The first-order valence-corrected chi connectivity index (χ1v) is 11.4. The standard InChI is InChI=1S/C24H17Cl2N3O4S/c1-12-2-3-14(23-27-18-11-15(25)10-16(26)21(18)33-23)8-17(12)28-24(34)29-22(30)13-4-5-19-20(9-13)32-7-6-31-19/h2-5,8-11H,6-7H2,1H3,(H2,28,29,30,34). The van der Waals surface area contributed by atoms with E-state index in [9.17, 15) is 4.79 Å². The van der Waals surface area contributed by atoms with E-state index >= 15 is 0 Å². The Labute approximate surface area is 210 Å². The fourth-order valence-electron chi connectivity index (χ4n) is 3.49. The van der Waals surface area contributed by atoms with Gasteiger partial charge in [0, 0.05) is 21.8 Å². The number of rotatable bonds is 3. The van der Waals surface area contributed by atoms with Gasteiger partial charge in [0.15, 0.2) is 22.2 Å². The van der Waals surface area contributed by atoms with Crippen LogP contribution in [0.15, 0.2) is 52.9 Å². The Bertz CT molecular complexity index is 1450. The Balaban J connectivity index is 1.33. The number of ether oxygens (including phenoxy) is 2. The van der Waals surface area contributed by atoms with Crippen LogP contribution in [0.4, 0.5) is 5.69 Å². The van der Waals surface area contributed by atoms with Crippen LogP contribution in [0.1, 0.15) is 15.9 Å². The molecule has 1 aromatic heterocycles. The van der Waals surface area contributed by atoms with Gasteiger partial charge in [0.05, 0.1) is 5.02 Å². The van der Waals surface area contributed by atoms with Crippen LogP contribution in [0, 0.1) is 6.92 Å². The lowest BCUT2D eigenvalue weighted by Crippen LogP contribution is -2.34. The molecule has 0 bridgehead atoms. The first kappa shape index (κ1) is 22.5. The zero-order valence-electron chi connectivity index (χ0n) is 17.8. The molecule has 0 saturated carbocycles. The molecule has 3 aromatic carbocycles. The molecular weight excluding hydrogens is 497 g/mol. The molecule has 2 heterocycles. The summed E-state index contributed by atoms with van der Waals surface area (Å²) in [6.07, 6.45) is 0. The van der Waals surface area contributed by atoms with E-state index in [2.05, 4.69) is 15.6 Å². The predicted octanol–water partition coefficient (Wildman–Crippen LogP) is 6.01. The summed E-state index contributed by atoms with van der Waals surface area (Å²) in [7, 11) is 0. The summed E-state index contributed by atoms with van der Waals surface area (Å²) in [6.45, 7) is 2.84. The Hall–Kier alpha value is -3.33. The Kier molecular flexibility index (Phi) is 6.03. The van der Waals surface area contributed by atoms with Crippen molar-refractivity contribution in [2.45, 2.75) is 6.92 Å². The van der Waals surface area contributed by atoms with Crippen LogP contribution in [0.5, 0.6) is 11.5 Å². The molecule has 0 spiro atoms. The average Bonchev–Trinajstić information content (AvgIpc) is 3.24. The van der Waals surface area contributed by atoms with Crippen LogP contribution >= 0.6 is 35.4 Å². The molecule has 0 fully saturated rings. The Morgan fingerprint density at radius 3 is 2.65 bits per heavy atom. The van der Waals surface area contributed by atoms with E-state index in [-0.39, 0.29) is 11.0 Å². The summed E-state index contributed by atoms with van der Waals surface area (Å²) in [6, 6.07) is 13.9. The number of fused-ring (bicyclic) bond motifs is 2. The van der Waals surface area contributed by atoms with Gasteiger partial charge in [0.1, 0.15) is 18.7 Å². The smallest absolute Gasteiger partial charge is 0.257 e. The second-order valence-corrected chi connectivity index (χ2v) is 8.80. The first-order valence-electron chi connectivity index (χ1n) is 10.3. The molecule has 5 rings (SSSR count). The quantitative estimate of drug-likeness (QED) is 0.324. The largest absolute Gasteiger partial charge is 0.486 e. The van der Waals surface area contributed by atoms with Crippen molar-refractivity contribution in [1.29, 1.82) is 0 Å². The lowest BCUT2D eigenvalue weighted by Gasteiger charge is -2.19. The summed E-state index contributed by atoms with van der Waals surface area (Å²) >= 11 is 17.7. The maximum absolute atomic E-state index is 12.7. The number of aromatic nitrogens is 1. The highest BCUT2D eigenvalue weighted by Gasteiger charge is 2.17. The lowest BCUT2D eigenvalue weighted by molar-refractivity contribution is 0.0976. The van der Waals surface area contributed by atoms with Gasteiger partial charge in [-0.25, -0.2) is 4.98 Å². The number of aryl methyl sites for hydroxylation is 1. The summed E-state index contributed by atoms with van der Waals surface area (Å²) in [5, 5.41) is 6.76. The number of amides is 1. The topological polar surface area (TPSA) is 85.6 Å². The predicted molar refractivity (Wildman–Crippen MR) is 135 cm³/mol. The molecule has 7 nitrogen and oxygen atoms in total. The molecule has 1 amide bonds. The summed E-state index contributed by atoms with van der Waals surface area (Å²) in [5.74, 6) is 1.15. The Morgan fingerprint density at radius 1 is 1.03 bits per heavy atom. The van der Waals surface area contributed by atoms with Crippen molar-refractivity contribution in [2.24, 2.45) is 0 Å². The van der Waals surface area contributed by atoms with Crippen molar-refractivity contribution >= 4 is 63.2 Å². The molecule has 0 radical (unpaired) electrons. The maximum Gasteiger partial charge on any atom is 0.257 e. The van der Waals surface area contributed by atoms with Gasteiger partial charge in [-0.2, -0.15) is 0 Å². The molecule has 0 saturated heterocycles. The SMILES string of the molecule is Cc1ccc(-c2nc3cc(Cl)cc(Cl)c3o2)cc1NC(=S)NC(=O)c1ccc2c(c1)OCCO2. The molecule has 4 aromatic rings. The molecule has 0 unspecified atom stereocenters. The zero-order valence-corrected chi connectivity index (χ0v) is 20.1. The molecule has 1 aliphatic rings. The number of hydrogen-bond acceptors (Lipinski definition) is 6. The molecule has 172 valence electrons. The normalized spacial score (nSPS) is 12.4. The number of thiocarbonyl (C=S) groups is 1. The number of nitrogens with zero attached hydrogens (tertiary/aromatic N) is 1. The second kappa shape index (κ2) is 9.13. The van der Waals surface area contributed by atoms with Crippen molar-refractivity contribution in [3.8, 4) is 23.0 Å². The minimum absolute atomic E-state index is 0.146. The fraction of sp³-hybridized carbons (Fsp3) is 0.125. The van der Waals surface area contributed by atoms with Crippen LogP contribution in [0.25, 0.3) is 22.6 Å². The molecule has 34 heavy (non-hydrogen) atoms. The number of benzene rings is 3. The molecule has 0 atom stereocenters.